The number of carboxylic acid groups (broad SMARTS) is 1. The monoisotopic (exact) mass is 263 g/mol. The van der Waals surface area contributed by atoms with E-state index >= 15 is 0 Å². The Morgan fingerprint density at radius 1 is 1.37 bits per heavy atom. The summed E-state index contributed by atoms with van der Waals surface area (Å²) in [5.74, 6) is -0.980. The van der Waals surface area contributed by atoms with Crippen LogP contribution in [0.2, 0.25) is 0 Å². The van der Waals surface area contributed by atoms with E-state index in [0.29, 0.717) is 13.2 Å². The van der Waals surface area contributed by atoms with Crippen molar-refractivity contribution in [3.63, 3.8) is 0 Å². The summed E-state index contributed by atoms with van der Waals surface area (Å²) < 4.78 is 5.35. The summed E-state index contributed by atoms with van der Waals surface area (Å²) in [6.45, 7) is 2.95. The van der Waals surface area contributed by atoms with Crippen molar-refractivity contribution in [2.24, 2.45) is 5.92 Å². The first-order valence-corrected chi connectivity index (χ1v) is 6.33. The lowest BCUT2D eigenvalue weighted by molar-refractivity contribution is -0.123. The van der Waals surface area contributed by atoms with Gasteiger partial charge in [0.05, 0.1) is 17.6 Å². The van der Waals surface area contributed by atoms with Gasteiger partial charge in [0.1, 0.15) is 0 Å². The van der Waals surface area contributed by atoms with E-state index in [9.17, 15) is 9.59 Å². The predicted molar refractivity (Wildman–Crippen MR) is 68.8 cm³/mol. The third-order valence-electron chi connectivity index (χ3n) is 3.12. The van der Waals surface area contributed by atoms with Crippen molar-refractivity contribution in [1.29, 1.82) is 0 Å². The van der Waals surface area contributed by atoms with Crippen LogP contribution in [0.15, 0.2) is 24.3 Å². The summed E-state index contributed by atoms with van der Waals surface area (Å²) in [6.07, 6.45) is 0.858. The fourth-order valence-electron chi connectivity index (χ4n) is 1.93. The Morgan fingerprint density at radius 2 is 2.05 bits per heavy atom. The van der Waals surface area contributed by atoms with Crippen LogP contribution in [0.5, 0.6) is 0 Å². The SMILES string of the molecule is CCO[C@@H]1C[C@H]1C(=O)NCc1ccc(C(=O)O)cc1. The van der Waals surface area contributed by atoms with E-state index in [1.165, 1.54) is 12.1 Å². The number of carbonyl (C=O) groups is 2. The van der Waals surface area contributed by atoms with Gasteiger partial charge in [0.25, 0.3) is 0 Å². The number of ether oxygens (including phenoxy) is 1. The zero-order chi connectivity index (χ0) is 13.8. The molecule has 1 aliphatic rings. The average molecular weight is 263 g/mol. The number of carbonyl (C=O) groups excluding carboxylic acids is 1. The van der Waals surface area contributed by atoms with E-state index < -0.39 is 5.97 Å². The Balaban J connectivity index is 1.79. The van der Waals surface area contributed by atoms with Crippen molar-refractivity contribution >= 4 is 11.9 Å². The molecule has 2 atom stereocenters. The smallest absolute Gasteiger partial charge is 0.335 e. The highest BCUT2D eigenvalue weighted by Gasteiger charge is 2.43. The molecule has 1 fully saturated rings. The third kappa shape index (κ3) is 3.54. The van der Waals surface area contributed by atoms with E-state index in [0.717, 1.165) is 12.0 Å². The van der Waals surface area contributed by atoms with Crippen molar-refractivity contribution < 1.29 is 19.4 Å². The minimum Gasteiger partial charge on any atom is -0.478 e. The topological polar surface area (TPSA) is 75.6 Å². The molecule has 19 heavy (non-hydrogen) atoms. The Hall–Kier alpha value is -1.88. The van der Waals surface area contributed by atoms with Gasteiger partial charge in [-0.2, -0.15) is 0 Å². The second kappa shape index (κ2) is 5.84. The summed E-state index contributed by atoms with van der Waals surface area (Å²) >= 11 is 0. The lowest BCUT2D eigenvalue weighted by Crippen LogP contribution is -2.26. The van der Waals surface area contributed by atoms with Crippen LogP contribution in [-0.2, 0) is 16.1 Å². The van der Waals surface area contributed by atoms with E-state index in [2.05, 4.69) is 5.32 Å². The van der Waals surface area contributed by atoms with Crippen LogP contribution in [0.4, 0.5) is 0 Å². The molecule has 1 aromatic carbocycles. The van der Waals surface area contributed by atoms with Gasteiger partial charge in [-0.3, -0.25) is 4.79 Å². The molecule has 2 rings (SSSR count). The van der Waals surface area contributed by atoms with Gasteiger partial charge in [-0.25, -0.2) is 4.79 Å². The fraction of sp³-hybridized carbons (Fsp3) is 0.429. The maximum atomic E-state index is 11.8. The lowest BCUT2D eigenvalue weighted by Gasteiger charge is -2.05. The van der Waals surface area contributed by atoms with Crippen LogP contribution in [0.3, 0.4) is 0 Å². The number of aromatic carboxylic acids is 1. The number of carboxylic acids is 1. The lowest BCUT2D eigenvalue weighted by atomic mass is 10.1. The molecule has 0 aromatic heterocycles. The Bertz CT molecular complexity index is 469. The first-order valence-electron chi connectivity index (χ1n) is 6.33. The molecule has 0 radical (unpaired) electrons. The second-order valence-corrected chi connectivity index (χ2v) is 4.56. The molecule has 0 spiro atoms. The summed E-state index contributed by atoms with van der Waals surface area (Å²) in [5, 5.41) is 11.6. The maximum Gasteiger partial charge on any atom is 0.335 e. The van der Waals surface area contributed by atoms with Crippen LogP contribution < -0.4 is 5.32 Å². The molecule has 1 saturated carbocycles. The van der Waals surface area contributed by atoms with Crippen LogP contribution in [0.1, 0.15) is 29.3 Å². The molecule has 0 aliphatic heterocycles. The van der Waals surface area contributed by atoms with E-state index in [4.69, 9.17) is 9.84 Å². The van der Waals surface area contributed by atoms with Crippen molar-refractivity contribution in [3.05, 3.63) is 35.4 Å². The van der Waals surface area contributed by atoms with Gasteiger partial charge in [0.15, 0.2) is 0 Å². The summed E-state index contributed by atoms with van der Waals surface area (Å²) in [4.78, 5) is 22.4. The normalized spacial score (nSPS) is 20.9. The van der Waals surface area contributed by atoms with Crippen molar-refractivity contribution in [2.45, 2.75) is 26.0 Å². The quantitative estimate of drug-likeness (QED) is 0.814. The molecule has 0 saturated heterocycles. The van der Waals surface area contributed by atoms with Gasteiger partial charge in [0.2, 0.25) is 5.91 Å². The number of amides is 1. The molecule has 1 amide bonds. The summed E-state index contributed by atoms with van der Waals surface area (Å²) in [6, 6.07) is 6.47. The molecule has 0 bridgehead atoms. The van der Waals surface area contributed by atoms with Crippen LogP contribution >= 0.6 is 0 Å². The van der Waals surface area contributed by atoms with E-state index in [1.807, 2.05) is 6.92 Å². The maximum absolute atomic E-state index is 11.8. The minimum absolute atomic E-state index is 0.000705. The molecule has 1 aliphatic carbocycles. The first-order chi connectivity index (χ1) is 9.11. The van der Waals surface area contributed by atoms with Crippen molar-refractivity contribution in [2.75, 3.05) is 6.61 Å². The molecule has 5 nitrogen and oxygen atoms in total. The van der Waals surface area contributed by atoms with Gasteiger partial charge < -0.3 is 15.2 Å². The molecule has 5 heteroatoms. The van der Waals surface area contributed by atoms with Crippen molar-refractivity contribution in [3.8, 4) is 0 Å². The largest absolute Gasteiger partial charge is 0.478 e. The number of hydrogen-bond donors (Lipinski definition) is 2. The fourth-order valence-corrected chi connectivity index (χ4v) is 1.93. The summed E-state index contributed by atoms with van der Waals surface area (Å²) in [5.41, 5.74) is 1.13. The minimum atomic E-state index is -0.951. The standard InChI is InChI=1S/C14H17NO4/c1-2-19-12-7-11(12)13(16)15-8-9-3-5-10(6-4-9)14(17)18/h3-6,11-12H,2,7-8H2,1H3,(H,15,16)(H,17,18)/t11-,12-/m1/s1. The van der Waals surface area contributed by atoms with Gasteiger partial charge in [-0.15, -0.1) is 0 Å². The predicted octanol–water partition coefficient (Wildman–Crippen LogP) is 1.43. The summed E-state index contributed by atoms with van der Waals surface area (Å²) in [7, 11) is 0. The highest BCUT2D eigenvalue weighted by molar-refractivity contribution is 5.87. The molecule has 0 heterocycles. The van der Waals surface area contributed by atoms with Gasteiger partial charge >= 0.3 is 5.97 Å². The molecule has 102 valence electrons. The third-order valence-corrected chi connectivity index (χ3v) is 3.12. The van der Waals surface area contributed by atoms with Gasteiger partial charge in [-0.1, -0.05) is 12.1 Å². The number of hydrogen-bond acceptors (Lipinski definition) is 3. The molecule has 2 N–H and O–H groups in total. The molecular formula is C14H17NO4. The van der Waals surface area contributed by atoms with Gasteiger partial charge in [0, 0.05) is 13.2 Å². The second-order valence-electron chi connectivity index (χ2n) is 4.56. The molecule has 1 aromatic rings. The van der Waals surface area contributed by atoms with Crippen LogP contribution in [-0.4, -0.2) is 29.7 Å². The molecule has 0 unspecified atom stereocenters. The number of rotatable bonds is 6. The Morgan fingerprint density at radius 3 is 2.63 bits per heavy atom. The highest BCUT2D eigenvalue weighted by Crippen LogP contribution is 2.33. The number of benzene rings is 1. The van der Waals surface area contributed by atoms with E-state index in [-0.39, 0.29) is 23.5 Å². The van der Waals surface area contributed by atoms with Crippen molar-refractivity contribution in [1.82, 2.24) is 5.32 Å². The van der Waals surface area contributed by atoms with E-state index in [1.54, 1.807) is 12.1 Å². The highest BCUT2D eigenvalue weighted by atomic mass is 16.5. The molecular weight excluding hydrogens is 246 g/mol. The number of nitrogens with one attached hydrogen (secondary N) is 1. The van der Waals surface area contributed by atoms with Crippen LogP contribution in [0.25, 0.3) is 0 Å². The average Bonchev–Trinajstić information content (AvgIpc) is 3.16. The van der Waals surface area contributed by atoms with Gasteiger partial charge in [-0.05, 0) is 31.0 Å². The zero-order valence-electron chi connectivity index (χ0n) is 10.8. The Labute approximate surface area is 111 Å². The zero-order valence-corrected chi connectivity index (χ0v) is 10.8. The first kappa shape index (κ1) is 13.5. The Kier molecular flexibility index (Phi) is 4.16. The van der Waals surface area contributed by atoms with Crippen LogP contribution in [0, 0.1) is 5.92 Å².